The number of carbonyl (C=O) groups excluding carboxylic acids is 1. The Morgan fingerprint density at radius 2 is 2.17 bits per heavy atom. The van der Waals surface area contributed by atoms with Gasteiger partial charge in [0.1, 0.15) is 5.75 Å². The van der Waals surface area contributed by atoms with Crippen LogP contribution in [0.2, 0.25) is 0 Å². The number of benzene rings is 1. The van der Waals surface area contributed by atoms with Crippen LogP contribution in [0.15, 0.2) is 24.3 Å². The van der Waals surface area contributed by atoms with E-state index in [-0.39, 0.29) is 12.0 Å². The lowest BCUT2D eigenvalue weighted by molar-refractivity contribution is -0.137. The molecule has 2 N–H and O–H groups in total. The van der Waals surface area contributed by atoms with Crippen LogP contribution in [0.3, 0.4) is 0 Å². The highest BCUT2D eigenvalue weighted by Crippen LogP contribution is 2.25. The summed E-state index contributed by atoms with van der Waals surface area (Å²) in [6, 6.07) is 7.56. The SMILES string of the molecule is CCOc1ccccc1C(N)CSCC(=O)OC. The number of esters is 1. The smallest absolute Gasteiger partial charge is 0.315 e. The largest absolute Gasteiger partial charge is 0.494 e. The highest BCUT2D eigenvalue weighted by Gasteiger charge is 2.12. The van der Waals surface area contributed by atoms with Crippen molar-refractivity contribution in [2.45, 2.75) is 13.0 Å². The Balaban J connectivity index is 2.55. The number of hydrogen-bond donors (Lipinski definition) is 1. The van der Waals surface area contributed by atoms with Crippen molar-refractivity contribution < 1.29 is 14.3 Å². The van der Waals surface area contributed by atoms with Gasteiger partial charge in [-0.2, -0.15) is 0 Å². The van der Waals surface area contributed by atoms with Crippen LogP contribution in [-0.4, -0.2) is 31.2 Å². The fourth-order valence-corrected chi connectivity index (χ4v) is 2.33. The number of hydrogen-bond acceptors (Lipinski definition) is 5. The first-order valence-electron chi connectivity index (χ1n) is 5.80. The van der Waals surface area contributed by atoms with Crippen molar-refractivity contribution in [1.82, 2.24) is 0 Å². The van der Waals surface area contributed by atoms with Crippen LogP contribution in [0.25, 0.3) is 0 Å². The molecule has 0 aliphatic rings. The molecule has 1 unspecified atom stereocenters. The van der Waals surface area contributed by atoms with Gasteiger partial charge in [0.2, 0.25) is 0 Å². The van der Waals surface area contributed by atoms with Gasteiger partial charge in [0.15, 0.2) is 0 Å². The zero-order valence-electron chi connectivity index (χ0n) is 10.7. The number of para-hydroxylation sites is 1. The second-order valence-corrected chi connectivity index (χ2v) is 4.70. The van der Waals surface area contributed by atoms with Crippen LogP contribution in [0.5, 0.6) is 5.75 Å². The van der Waals surface area contributed by atoms with E-state index in [1.165, 1.54) is 18.9 Å². The average Bonchev–Trinajstić information content (AvgIpc) is 2.39. The van der Waals surface area contributed by atoms with E-state index in [9.17, 15) is 4.79 Å². The van der Waals surface area contributed by atoms with Crippen LogP contribution in [0.4, 0.5) is 0 Å². The van der Waals surface area contributed by atoms with Crippen molar-refractivity contribution >= 4 is 17.7 Å². The van der Waals surface area contributed by atoms with Crippen molar-refractivity contribution in [2.24, 2.45) is 5.73 Å². The van der Waals surface area contributed by atoms with Gasteiger partial charge >= 0.3 is 5.97 Å². The van der Waals surface area contributed by atoms with E-state index in [2.05, 4.69) is 4.74 Å². The molecule has 1 atom stereocenters. The molecule has 0 aromatic heterocycles. The molecule has 1 aromatic carbocycles. The Morgan fingerprint density at radius 1 is 1.44 bits per heavy atom. The quantitative estimate of drug-likeness (QED) is 0.767. The molecule has 0 spiro atoms. The first-order chi connectivity index (χ1) is 8.69. The average molecular weight is 269 g/mol. The summed E-state index contributed by atoms with van der Waals surface area (Å²) in [5, 5.41) is 0. The van der Waals surface area contributed by atoms with Gasteiger partial charge in [-0.3, -0.25) is 4.79 Å². The van der Waals surface area contributed by atoms with E-state index in [0.29, 0.717) is 18.1 Å². The molecule has 0 aliphatic heterocycles. The number of carbonyl (C=O) groups is 1. The number of nitrogens with two attached hydrogens (primary N) is 1. The number of ether oxygens (including phenoxy) is 2. The zero-order valence-corrected chi connectivity index (χ0v) is 11.5. The van der Waals surface area contributed by atoms with E-state index in [1.54, 1.807) is 0 Å². The summed E-state index contributed by atoms with van der Waals surface area (Å²) in [5.74, 6) is 1.55. The predicted molar refractivity (Wildman–Crippen MR) is 73.9 cm³/mol. The molecule has 4 nitrogen and oxygen atoms in total. The second kappa shape index (κ2) is 8.00. The maximum atomic E-state index is 11.0. The third-order valence-electron chi connectivity index (χ3n) is 2.36. The van der Waals surface area contributed by atoms with Crippen molar-refractivity contribution in [2.75, 3.05) is 25.2 Å². The Kier molecular flexibility index (Phi) is 6.60. The first-order valence-corrected chi connectivity index (χ1v) is 6.96. The van der Waals surface area contributed by atoms with Gasteiger partial charge in [-0.05, 0) is 13.0 Å². The molecule has 0 bridgehead atoms. The van der Waals surface area contributed by atoms with E-state index in [0.717, 1.165) is 11.3 Å². The van der Waals surface area contributed by atoms with E-state index < -0.39 is 0 Å². The fraction of sp³-hybridized carbons (Fsp3) is 0.462. The molecule has 0 saturated heterocycles. The van der Waals surface area contributed by atoms with E-state index in [4.69, 9.17) is 10.5 Å². The highest BCUT2D eigenvalue weighted by molar-refractivity contribution is 7.99. The molecule has 0 fully saturated rings. The molecule has 5 heteroatoms. The maximum absolute atomic E-state index is 11.0. The molecule has 0 aliphatic carbocycles. The van der Waals surface area contributed by atoms with Crippen LogP contribution in [0.1, 0.15) is 18.5 Å². The molecule has 1 rings (SSSR count). The molecule has 1 aromatic rings. The Morgan fingerprint density at radius 3 is 2.83 bits per heavy atom. The van der Waals surface area contributed by atoms with Crippen LogP contribution < -0.4 is 10.5 Å². The second-order valence-electron chi connectivity index (χ2n) is 3.67. The fourth-order valence-electron chi connectivity index (χ4n) is 1.49. The molecule has 0 radical (unpaired) electrons. The minimum atomic E-state index is -0.231. The number of methoxy groups -OCH3 is 1. The van der Waals surface area contributed by atoms with Crippen molar-refractivity contribution in [3.05, 3.63) is 29.8 Å². The van der Waals surface area contributed by atoms with Crippen LogP contribution in [-0.2, 0) is 9.53 Å². The molecule has 18 heavy (non-hydrogen) atoms. The molecular formula is C13H19NO3S. The number of thioether (sulfide) groups is 1. The van der Waals surface area contributed by atoms with Crippen molar-refractivity contribution in [1.29, 1.82) is 0 Å². The summed E-state index contributed by atoms with van der Waals surface area (Å²) in [7, 11) is 1.38. The topological polar surface area (TPSA) is 61.5 Å². The van der Waals surface area contributed by atoms with Gasteiger partial charge in [0.25, 0.3) is 0 Å². The monoisotopic (exact) mass is 269 g/mol. The zero-order chi connectivity index (χ0) is 13.4. The summed E-state index contributed by atoms with van der Waals surface area (Å²) in [4.78, 5) is 11.0. The van der Waals surface area contributed by atoms with Gasteiger partial charge in [0.05, 0.1) is 19.5 Å². The van der Waals surface area contributed by atoms with Gasteiger partial charge < -0.3 is 15.2 Å². The Labute approximate surface area is 112 Å². The number of rotatable bonds is 7. The summed E-state index contributed by atoms with van der Waals surface area (Å²) in [6.07, 6.45) is 0. The lowest BCUT2D eigenvalue weighted by atomic mass is 10.1. The predicted octanol–water partition coefficient (Wildman–Crippen LogP) is 1.99. The lowest BCUT2D eigenvalue weighted by Gasteiger charge is -2.15. The van der Waals surface area contributed by atoms with E-state index >= 15 is 0 Å². The molecule has 100 valence electrons. The minimum Gasteiger partial charge on any atom is -0.494 e. The van der Waals surface area contributed by atoms with Gasteiger partial charge in [-0.1, -0.05) is 18.2 Å². The normalized spacial score (nSPS) is 11.9. The van der Waals surface area contributed by atoms with Gasteiger partial charge in [0, 0.05) is 17.4 Å². The highest BCUT2D eigenvalue weighted by atomic mass is 32.2. The first kappa shape index (κ1) is 14.9. The van der Waals surface area contributed by atoms with Gasteiger partial charge in [-0.25, -0.2) is 0 Å². The lowest BCUT2D eigenvalue weighted by Crippen LogP contribution is -2.16. The summed E-state index contributed by atoms with van der Waals surface area (Å²) in [5.41, 5.74) is 7.07. The molecule has 0 amide bonds. The Hall–Kier alpha value is -1.20. The molecule has 0 saturated carbocycles. The van der Waals surface area contributed by atoms with Crippen LogP contribution >= 0.6 is 11.8 Å². The van der Waals surface area contributed by atoms with Gasteiger partial charge in [-0.15, -0.1) is 11.8 Å². The molecule has 0 heterocycles. The minimum absolute atomic E-state index is 0.151. The third-order valence-corrected chi connectivity index (χ3v) is 3.40. The van der Waals surface area contributed by atoms with Crippen molar-refractivity contribution in [3.63, 3.8) is 0 Å². The third kappa shape index (κ3) is 4.58. The van der Waals surface area contributed by atoms with E-state index in [1.807, 2.05) is 31.2 Å². The Bertz CT molecular complexity index is 384. The van der Waals surface area contributed by atoms with Crippen molar-refractivity contribution in [3.8, 4) is 5.75 Å². The maximum Gasteiger partial charge on any atom is 0.315 e. The standard InChI is InChI=1S/C13H19NO3S/c1-3-17-12-7-5-4-6-10(12)11(14)8-18-9-13(15)16-2/h4-7,11H,3,8-9,14H2,1-2H3. The molecular weight excluding hydrogens is 250 g/mol. The summed E-state index contributed by atoms with van der Waals surface area (Å²) in [6.45, 7) is 2.55. The summed E-state index contributed by atoms with van der Waals surface area (Å²) < 4.78 is 10.1. The summed E-state index contributed by atoms with van der Waals surface area (Å²) >= 11 is 1.46. The van der Waals surface area contributed by atoms with Crippen LogP contribution in [0, 0.1) is 0 Å².